The van der Waals surface area contributed by atoms with Gasteiger partial charge in [-0.2, -0.15) is 0 Å². The van der Waals surface area contributed by atoms with Gasteiger partial charge in [0.2, 0.25) is 18.9 Å². The molecule has 6 rings (SSSR count). The Morgan fingerprint density at radius 2 is 0.836 bits per heavy atom. The lowest BCUT2D eigenvalue weighted by Crippen LogP contribution is -2.99. The summed E-state index contributed by atoms with van der Waals surface area (Å²) in [4.78, 5) is 39.9. The van der Waals surface area contributed by atoms with E-state index < -0.39 is 147 Å². The summed E-state index contributed by atoms with van der Waals surface area (Å²) >= 11 is 0. The number of nitrogen functional groups attached to an aromatic ring is 3. The van der Waals surface area contributed by atoms with Crippen LogP contribution in [0, 0.1) is 0 Å². The van der Waals surface area contributed by atoms with E-state index in [1.165, 1.54) is 54.6 Å². The lowest BCUT2D eigenvalue weighted by atomic mass is 9.93. The number of carbonyl (C=O) groups is 3. The quantitative estimate of drug-likeness (QED) is 0.0196. The Morgan fingerprint density at radius 3 is 1.25 bits per heavy atom. The van der Waals surface area contributed by atoms with Gasteiger partial charge in [0, 0.05) is 17.1 Å². The van der Waals surface area contributed by atoms with Gasteiger partial charge in [-0.25, -0.2) is 14.4 Å². The van der Waals surface area contributed by atoms with Crippen LogP contribution in [0.25, 0.3) is 0 Å². The van der Waals surface area contributed by atoms with Crippen molar-refractivity contribution in [3.05, 3.63) is 71.3 Å². The van der Waals surface area contributed by atoms with E-state index in [1.807, 2.05) is 20.8 Å². The van der Waals surface area contributed by atoms with Crippen LogP contribution in [0.15, 0.2) is 54.6 Å². The van der Waals surface area contributed by atoms with E-state index in [-0.39, 0.29) is 33.8 Å². The van der Waals surface area contributed by atoms with Crippen molar-refractivity contribution >= 4 is 35.0 Å². The van der Waals surface area contributed by atoms with Gasteiger partial charge in [-0.3, -0.25) is 0 Å². The first-order valence-electron chi connectivity index (χ1n) is 24.3. The van der Waals surface area contributed by atoms with E-state index >= 15 is 0 Å². The number of aliphatic hydroxyl groups excluding tert-OH is 5. The standard InChI is InChI=1S/C48H68N6O19/c1-4-13-52-34-39(60)41(32(69-46(34)65)20-67-44(63)26-17-23(50)8-11-29(26)56)72-48-36(54-15-6-3)40(61)42(33(71-48)21-68-45(64)27-18-24(51)9-12-30(27)57)73-47-35(53-14-5-2)38(59)37(58)31(70-47)19-66-43(62)25-16-22(49)7-10-28(25)55/h7-12,16-18,31-42,46-48,52-61,65H,4-6,13-15,19-21,49-51H2,1-3H3/p+3/t31?,32?,33?,34?,35?,36?,37-,38+,39+,40+,41+,42+,46-,47+,48+/m1/s1. The molecule has 0 spiro atoms. The third-order valence-corrected chi connectivity index (χ3v) is 12.8. The Hall–Kier alpha value is -5.65. The smallest absolute Gasteiger partial charge is 0.342 e. The van der Waals surface area contributed by atoms with Crippen molar-refractivity contribution in [2.45, 2.75) is 132 Å². The lowest BCUT2D eigenvalue weighted by molar-refractivity contribution is -0.728. The van der Waals surface area contributed by atoms with Gasteiger partial charge >= 0.3 is 17.9 Å². The summed E-state index contributed by atoms with van der Waals surface area (Å²) in [5, 5.41) is 94.9. The first-order chi connectivity index (χ1) is 34.9. The monoisotopic (exact) mass is 1040 g/mol. The van der Waals surface area contributed by atoms with E-state index in [9.17, 15) is 55.2 Å². The van der Waals surface area contributed by atoms with Gasteiger partial charge in [0.15, 0.2) is 18.1 Å². The summed E-state index contributed by atoms with van der Waals surface area (Å²) in [6.07, 6.45) is -16.6. The minimum absolute atomic E-state index is 0.130. The van der Waals surface area contributed by atoms with Crippen LogP contribution >= 0.6 is 0 Å². The van der Waals surface area contributed by atoms with Gasteiger partial charge < -0.3 is 112 Å². The van der Waals surface area contributed by atoms with Crippen LogP contribution in [0.2, 0.25) is 0 Å². The molecule has 404 valence electrons. The minimum atomic E-state index is -1.65. The number of hydrogen-bond donors (Lipinski definition) is 14. The number of phenols is 3. The number of anilines is 3. The number of ether oxygens (including phenoxy) is 8. The fourth-order valence-corrected chi connectivity index (χ4v) is 8.84. The normalized spacial score (nSPS) is 30.3. The Labute approximate surface area is 420 Å². The molecule has 3 aliphatic heterocycles. The summed E-state index contributed by atoms with van der Waals surface area (Å²) in [6, 6.07) is 8.05. The first-order valence-corrected chi connectivity index (χ1v) is 24.3. The molecule has 15 atom stereocenters. The van der Waals surface area contributed by atoms with Crippen molar-refractivity contribution in [1.82, 2.24) is 0 Å². The Balaban J connectivity index is 1.33. The van der Waals surface area contributed by atoms with E-state index in [0.717, 1.165) is 0 Å². The molecule has 0 amide bonds. The Kier molecular flexibility index (Phi) is 20.2. The van der Waals surface area contributed by atoms with Gasteiger partial charge in [-0.15, -0.1) is 0 Å². The van der Waals surface area contributed by atoms with Crippen LogP contribution in [0.4, 0.5) is 17.1 Å². The maximum atomic E-state index is 13.6. The summed E-state index contributed by atoms with van der Waals surface area (Å²) < 4.78 is 48.6. The van der Waals surface area contributed by atoms with Crippen LogP contribution in [0.1, 0.15) is 71.1 Å². The predicted octanol–water partition coefficient (Wildman–Crippen LogP) is -4.17. The van der Waals surface area contributed by atoms with E-state index in [4.69, 9.17) is 55.1 Å². The van der Waals surface area contributed by atoms with Crippen molar-refractivity contribution in [2.75, 3.05) is 56.7 Å². The molecule has 0 radical (unpaired) electrons. The largest absolute Gasteiger partial charge is 0.507 e. The van der Waals surface area contributed by atoms with Gasteiger partial charge in [0.1, 0.15) is 109 Å². The average molecular weight is 1040 g/mol. The molecular formula is C48H71N6O19+3. The molecule has 3 fully saturated rings. The molecule has 0 saturated carbocycles. The number of aliphatic hydroxyl groups is 5. The lowest BCUT2D eigenvalue weighted by Gasteiger charge is -2.48. The highest BCUT2D eigenvalue weighted by Crippen LogP contribution is 2.33. The van der Waals surface area contributed by atoms with E-state index in [0.29, 0.717) is 38.9 Å². The van der Waals surface area contributed by atoms with Crippen LogP contribution in [-0.4, -0.2) is 190 Å². The zero-order valence-electron chi connectivity index (χ0n) is 40.8. The highest BCUT2D eigenvalue weighted by atomic mass is 16.7. The van der Waals surface area contributed by atoms with E-state index in [1.54, 1.807) is 16.0 Å². The second-order valence-corrected chi connectivity index (χ2v) is 18.2. The fourth-order valence-electron chi connectivity index (χ4n) is 8.84. The minimum Gasteiger partial charge on any atom is -0.507 e. The highest BCUT2D eigenvalue weighted by molar-refractivity contribution is 5.94. The molecule has 3 heterocycles. The number of esters is 3. The first kappa shape index (κ1) is 56.6. The molecule has 3 aromatic carbocycles. The average Bonchev–Trinajstić information content (AvgIpc) is 3.36. The van der Waals surface area contributed by atoms with Crippen molar-refractivity contribution in [3.8, 4) is 17.2 Å². The molecule has 3 saturated heterocycles. The summed E-state index contributed by atoms with van der Waals surface area (Å²) in [6.45, 7) is 4.85. The molecule has 3 aliphatic rings. The number of quaternary nitrogens is 3. The zero-order chi connectivity index (χ0) is 53.1. The molecule has 0 bridgehead atoms. The van der Waals surface area contributed by atoms with Crippen LogP contribution in [-0.2, 0) is 37.9 Å². The van der Waals surface area contributed by atoms with Crippen LogP contribution in [0.5, 0.6) is 17.2 Å². The molecule has 0 aliphatic carbocycles. The van der Waals surface area contributed by atoms with Crippen LogP contribution in [0.3, 0.4) is 0 Å². The SMILES string of the molecule is CCC[NH2+]C1[C@H](O[C@H]2C(COC(=O)c3cc(N)ccc3O)O[C@@H](O[C@H]3C(COC(=O)c4cc(N)ccc4O)O[C@@H](O)C([NH2+]CCC)[C@@H]3O)C([NH2+]CCC)[C@@H]2O)OC(COC(=O)c2cc(N)ccc2O)[C@@H](O)[C@H]1O. The molecule has 6 unspecified atom stereocenters. The summed E-state index contributed by atoms with van der Waals surface area (Å²) in [5.74, 6) is -4.39. The zero-order valence-corrected chi connectivity index (χ0v) is 40.8. The maximum Gasteiger partial charge on any atom is 0.342 e. The van der Waals surface area contributed by atoms with Crippen molar-refractivity contribution in [1.29, 1.82) is 0 Å². The maximum absolute atomic E-state index is 13.6. The Bertz CT molecular complexity index is 2320. The molecule has 73 heavy (non-hydrogen) atoms. The molecule has 3 aromatic rings. The number of benzene rings is 3. The van der Waals surface area contributed by atoms with Crippen molar-refractivity contribution in [2.24, 2.45) is 0 Å². The topological polar surface area (TPSA) is 415 Å². The number of aromatic hydroxyl groups is 3. The highest BCUT2D eigenvalue weighted by Gasteiger charge is 2.57. The Morgan fingerprint density at radius 1 is 0.493 bits per heavy atom. The van der Waals surface area contributed by atoms with Crippen LogP contribution < -0.4 is 33.2 Å². The third kappa shape index (κ3) is 13.9. The van der Waals surface area contributed by atoms with Gasteiger partial charge in [0.25, 0.3) is 0 Å². The summed E-state index contributed by atoms with van der Waals surface area (Å²) in [5.41, 5.74) is 17.2. The number of phenolic OH excluding ortho intramolecular Hbond substituents is 3. The second-order valence-electron chi connectivity index (χ2n) is 18.2. The number of rotatable bonds is 22. The summed E-state index contributed by atoms with van der Waals surface area (Å²) in [7, 11) is 0. The van der Waals surface area contributed by atoms with Crippen molar-refractivity contribution in [3.63, 3.8) is 0 Å². The third-order valence-electron chi connectivity index (χ3n) is 12.8. The van der Waals surface area contributed by atoms with Gasteiger partial charge in [0.05, 0.1) is 19.6 Å². The second kappa shape index (κ2) is 26.0. The fraction of sp³-hybridized carbons (Fsp3) is 0.562. The number of nitrogens with two attached hydrogens (primary N) is 6. The predicted molar refractivity (Wildman–Crippen MR) is 253 cm³/mol. The van der Waals surface area contributed by atoms with E-state index in [2.05, 4.69) is 0 Å². The van der Waals surface area contributed by atoms with Gasteiger partial charge in [-0.1, -0.05) is 20.8 Å². The molecule has 20 N–H and O–H groups in total. The molecular weight excluding hydrogens is 965 g/mol. The molecule has 25 heteroatoms. The van der Waals surface area contributed by atoms with Gasteiger partial charge in [-0.05, 0) is 73.9 Å². The molecule has 0 aromatic heterocycles. The number of carbonyl (C=O) groups excluding carboxylic acids is 3. The number of hydrogen-bond acceptors (Lipinski definition) is 22. The van der Waals surface area contributed by atoms with Crippen molar-refractivity contribution < 1.29 is 109 Å². The molecule has 25 nitrogen and oxygen atoms in total.